The number of hydrogen-bond acceptors (Lipinski definition) is 4. The summed E-state index contributed by atoms with van der Waals surface area (Å²) in [7, 11) is 0. The summed E-state index contributed by atoms with van der Waals surface area (Å²) in [6, 6.07) is 6.66. The molecule has 0 saturated carbocycles. The van der Waals surface area contributed by atoms with Gasteiger partial charge in [-0.2, -0.15) is 0 Å². The minimum atomic E-state index is -0.960. The van der Waals surface area contributed by atoms with Gasteiger partial charge in [-0.25, -0.2) is 4.79 Å². The second-order valence-electron chi connectivity index (χ2n) is 6.10. The highest BCUT2D eigenvalue weighted by atomic mass is 16.4. The maximum Gasteiger partial charge on any atom is 0.335 e. The van der Waals surface area contributed by atoms with Crippen LogP contribution in [0.25, 0.3) is 11.3 Å². The molecule has 0 aliphatic carbocycles. The van der Waals surface area contributed by atoms with Crippen molar-refractivity contribution in [1.82, 2.24) is 14.9 Å². The molecule has 0 unspecified atom stereocenters. The molecule has 1 aliphatic heterocycles. The Labute approximate surface area is 140 Å². The molecule has 1 saturated heterocycles. The Morgan fingerprint density at radius 3 is 2.75 bits per heavy atom. The Morgan fingerprint density at radius 1 is 1.29 bits per heavy atom. The first-order valence-electron chi connectivity index (χ1n) is 7.93. The summed E-state index contributed by atoms with van der Waals surface area (Å²) in [6.07, 6.45) is 5.20. The number of aromatic carboxylic acids is 1. The third kappa shape index (κ3) is 3.59. The van der Waals surface area contributed by atoms with Gasteiger partial charge in [-0.1, -0.05) is 12.1 Å². The summed E-state index contributed by atoms with van der Waals surface area (Å²) in [4.78, 5) is 33.1. The molecule has 0 spiro atoms. The fourth-order valence-electron chi connectivity index (χ4n) is 3.00. The molecule has 0 radical (unpaired) electrons. The minimum Gasteiger partial charge on any atom is -0.478 e. The van der Waals surface area contributed by atoms with E-state index in [2.05, 4.69) is 9.97 Å². The van der Waals surface area contributed by atoms with E-state index >= 15 is 0 Å². The third-order valence-corrected chi connectivity index (χ3v) is 4.34. The lowest BCUT2D eigenvalue weighted by Gasteiger charge is -2.13. The average molecular weight is 325 g/mol. The lowest BCUT2D eigenvalue weighted by Crippen LogP contribution is -2.26. The molecule has 1 atom stereocenters. The summed E-state index contributed by atoms with van der Waals surface area (Å²) in [5.41, 5.74) is 2.51. The van der Waals surface area contributed by atoms with Gasteiger partial charge in [0, 0.05) is 31.8 Å². The number of carbonyl (C=O) groups is 2. The van der Waals surface area contributed by atoms with E-state index in [9.17, 15) is 9.59 Å². The SMILES string of the molecule is CC(=O)N1CC[C@@H](Cc2cnc(-c3cccc(C(=O)O)c3)cn2)C1. The van der Waals surface area contributed by atoms with Gasteiger partial charge < -0.3 is 10.0 Å². The first-order chi connectivity index (χ1) is 11.5. The zero-order valence-corrected chi connectivity index (χ0v) is 13.5. The van der Waals surface area contributed by atoms with Gasteiger partial charge in [-0.05, 0) is 30.9 Å². The van der Waals surface area contributed by atoms with E-state index < -0.39 is 5.97 Å². The second-order valence-corrected chi connectivity index (χ2v) is 6.10. The van der Waals surface area contributed by atoms with Crippen molar-refractivity contribution in [2.24, 2.45) is 5.92 Å². The molecular formula is C18H19N3O3. The van der Waals surface area contributed by atoms with Crippen molar-refractivity contribution in [2.45, 2.75) is 19.8 Å². The number of likely N-dealkylation sites (tertiary alicyclic amines) is 1. The van der Waals surface area contributed by atoms with E-state index in [1.807, 2.05) is 11.0 Å². The Morgan fingerprint density at radius 2 is 2.12 bits per heavy atom. The smallest absolute Gasteiger partial charge is 0.335 e. The first kappa shape index (κ1) is 16.1. The van der Waals surface area contributed by atoms with E-state index in [0.29, 0.717) is 11.6 Å². The highest BCUT2D eigenvalue weighted by molar-refractivity contribution is 5.89. The van der Waals surface area contributed by atoms with Gasteiger partial charge in [0.25, 0.3) is 0 Å². The number of carboxylic acid groups (broad SMARTS) is 1. The van der Waals surface area contributed by atoms with E-state index in [-0.39, 0.29) is 11.5 Å². The fourth-order valence-corrected chi connectivity index (χ4v) is 3.00. The molecule has 1 aliphatic rings. The fraction of sp³-hybridized carbons (Fsp3) is 0.333. The van der Waals surface area contributed by atoms with Crippen molar-refractivity contribution in [3.05, 3.63) is 47.9 Å². The molecule has 6 nitrogen and oxygen atoms in total. The molecule has 1 aromatic carbocycles. The Bertz CT molecular complexity index is 758. The number of hydrogen-bond donors (Lipinski definition) is 1. The zero-order valence-electron chi connectivity index (χ0n) is 13.5. The van der Waals surface area contributed by atoms with Crippen LogP contribution in [0.15, 0.2) is 36.7 Å². The number of rotatable bonds is 4. The molecule has 1 amide bonds. The van der Waals surface area contributed by atoms with Crippen molar-refractivity contribution in [3.63, 3.8) is 0 Å². The summed E-state index contributed by atoms with van der Waals surface area (Å²) in [6.45, 7) is 3.19. The number of carboxylic acids is 1. The predicted octanol–water partition coefficient (Wildman–Crippen LogP) is 2.25. The van der Waals surface area contributed by atoms with Crippen LogP contribution in [0.1, 0.15) is 29.4 Å². The van der Waals surface area contributed by atoms with Gasteiger partial charge in [-0.3, -0.25) is 14.8 Å². The molecular weight excluding hydrogens is 306 g/mol. The van der Waals surface area contributed by atoms with Crippen LogP contribution in [0, 0.1) is 5.92 Å². The van der Waals surface area contributed by atoms with Crippen LogP contribution in [-0.4, -0.2) is 44.9 Å². The average Bonchev–Trinajstić information content (AvgIpc) is 3.04. The van der Waals surface area contributed by atoms with Crippen LogP contribution in [-0.2, 0) is 11.2 Å². The van der Waals surface area contributed by atoms with Crippen molar-refractivity contribution in [2.75, 3.05) is 13.1 Å². The molecule has 1 N–H and O–H groups in total. The first-order valence-corrected chi connectivity index (χ1v) is 7.93. The monoisotopic (exact) mass is 325 g/mol. The van der Waals surface area contributed by atoms with Crippen LogP contribution >= 0.6 is 0 Å². The number of benzene rings is 1. The molecule has 1 aromatic heterocycles. The summed E-state index contributed by atoms with van der Waals surface area (Å²) >= 11 is 0. The third-order valence-electron chi connectivity index (χ3n) is 4.34. The molecule has 2 heterocycles. The van der Waals surface area contributed by atoms with E-state index in [1.165, 1.54) is 0 Å². The van der Waals surface area contributed by atoms with Crippen molar-refractivity contribution >= 4 is 11.9 Å². The Kier molecular flexibility index (Phi) is 4.55. The van der Waals surface area contributed by atoms with Crippen molar-refractivity contribution in [3.8, 4) is 11.3 Å². The van der Waals surface area contributed by atoms with Gasteiger partial charge in [0.05, 0.1) is 23.1 Å². The molecule has 6 heteroatoms. The van der Waals surface area contributed by atoms with Crippen LogP contribution in [0.2, 0.25) is 0 Å². The summed E-state index contributed by atoms with van der Waals surface area (Å²) in [5, 5.41) is 9.06. The molecule has 2 aromatic rings. The topological polar surface area (TPSA) is 83.4 Å². The Hall–Kier alpha value is -2.76. The number of nitrogens with zero attached hydrogens (tertiary/aromatic N) is 3. The largest absolute Gasteiger partial charge is 0.478 e. The molecule has 1 fully saturated rings. The standard InChI is InChI=1S/C18H19N3O3/c1-12(22)21-6-5-13(11-21)7-16-9-20-17(10-19-16)14-3-2-4-15(8-14)18(23)24/h2-4,8-10,13H,5-7,11H2,1H3,(H,23,24)/t13-/m0/s1. The molecule has 24 heavy (non-hydrogen) atoms. The van der Waals surface area contributed by atoms with E-state index in [4.69, 9.17) is 5.11 Å². The van der Waals surface area contributed by atoms with E-state index in [1.54, 1.807) is 37.5 Å². The summed E-state index contributed by atoms with van der Waals surface area (Å²) < 4.78 is 0. The normalized spacial score (nSPS) is 17.0. The van der Waals surface area contributed by atoms with Crippen molar-refractivity contribution in [1.29, 1.82) is 0 Å². The Balaban J connectivity index is 1.69. The highest BCUT2D eigenvalue weighted by Gasteiger charge is 2.24. The zero-order chi connectivity index (χ0) is 17.1. The van der Waals surface area contributed by atoms with Gasteiger partial charge in [-0.15, -0.1) is 0 Å². The maximum absolute atomic E-state index is 11.4. The lowest BCUT2D eigenvalue weighted by atomic mass is 10.0. The quantitative estimate of drug-likeness (QED) is 0.932. The van der Waals surface area contributed by atoms with Crippen LogP contribution in [0.4, 0.5) is 0 Å². The van der Waals surface area contributed by atoms with Gasteiger partial charge >= 0.3 is 5.97 Å². The van der Waals surface area contributed by atoms with Crippen molar-refractivity contribution < 1.29 is 14.7 Å². The molecule has 124 valence electrons. The van der Waals surface area contributed by atoms with Crippen LogP contribution < -0.4 is 0 Å². The predicted molar refractivity (Wildman–Crippen MR) is 88.5 cm³/mol. The number of carbonyl (C=O) groups excluding carboxylic acids is 1. The van der Waals surface area contributed by atoms with Gasteiger partial charge in [0.2, 0.25) is 5.91 Å². The molecule has 0 bridgehead atoms. The minimum absolute atomic E-state index is 0.122. The summed E-state index contributed by atoms with van der Waals surface area (Å²) in [5.74, 6) is -0.417. The van der Waals surface area contributed by atoms with Gasteiger partial charge in [0.1, 0.15) is 0 Å². The second kappa shape index (κ2) is 6.78. The molecule has 3 rings (SSSR count). The maximum atomic E-state index is 11.4. The highest BCUT2D eigenvalue weighted by Crippen LogP contribution is 2.21. The van der Waals surface area contributed by atoms with E-state index in [0.717, 1.165) is 37.2 Å². The number of amides is 1. The lowest BCUT2D eigenvalue weighted by molar-refractivity contribution is -0.127. The van der Waals surface area contributed by atoms with Gasteiger partial charge in [0.15, 0.2) is 0 Å². The van der Waals surface area contributed by atoms with Crippen LogP contribution in [0.5, 0.6) is 0 Å². The number of aromatic nitrogens is 2. The van der Waals surface area contributed by atoms with Crippen LogP contribution in [0.3, 0.4) is 0 Å².